The van der Waals surface area contributed by atoms with Gasteiger partial charge in [0.15, 0.2) is 5.11 Å². The van der Waals surface area contributed by atoms with E-state index in [1.54, 1.807) is 7.11 Å². The van der Waals surface area contributed by atoms with Gasteiger partial charge >= 0.3 is 5.97 Å². The molecule has 29 heavy (non-hydrogen) atoms. The monoisotopic (exact) mass is 412 g/mol. The van der Waals surface area contributed by atoms with Gasteiger partial charge in [0.1, 0.15) is 19.0 Å². The smallest absolute Gasteiger partial charge is 0.338 e. The van der Waals surface area contributed by atoms with E-state index in [-0.39, 0.29) is 6.61 Å². The summed E-state index contributed by atoms with van der Waals surface area (Å²) in [5.41, 5.74) is 3.15. The molecule has 3 rings (SSSR count). The summed E-state index contributed by atoms with van der Waals surface area (Å²) in [4.78, 5) is 12.6. The van der Waals surface area contributed by atoms with Crippen LogP contribution in [0.15, 0.2) is 65.9 Å². The number of allylic oxidation sites excluding steroid dienone is 1. The first-order chi connectivity index (χ1) is 14.1. The van der Waals surface area contributed by atoms with Crippen LogP contribution in [0.4, 0.5) is 0 Å². The lowest BCUT2D eigenvalue weighted by Crippen LogP contribution is -2.45. The predicted octanol–water partition coefficient (Wildman–Crippen LogP) is 3.25. The molecular weight excluding hydrogens is 388 g/mol. The van der Waals surface area contributed by atoms with E-state index >= 15 is 0 Å². The van der Waals surface area contributed by atoms with Gasteiger partial charge in [0, 0.05) is 12.8 Å². The minimum Gasteiger partial charge on any atom is -0.489 e. The van der Waals surface area contributed by atoms with Gasteiger partial charge in [0.2, 0.25) is 0 Å². The third-order valence-corrected chi connectivity index (χ3v) is 4.69. The zero-order valence-corrected chi connectivity index (χ0v) is 17.3. The molecule has 2 aromatic carbocycles. The Morgan fingerprint density at radius 2 is 1.79 bits per heavy atom. The lowest BCUT2D eigenvalue weighted by atomic mass is 9.95. The molecule has 1 heterocycles. The van der Waals surface area contributed by atoms with Crippen molar-refractivity contribution in [2.75, 3.05) is 20.3 Å². The number of esters is 1. The van der Waals surface area contributed by atoms with Crippen molar-refractivity contribution >= 4 is 23.3 Å². The number of ether oxygens (including phenoxy) is 3. The van der Waals surface area contributed by atoms with Gasteiger partial charge in [-0.15, -0.1) is 0 Å². The summed E-state index contributed by atoms with van der Waals surface area (Å²) in [6.07, 6.45) is 0. The normalized spacial score (nSPS) is 16.1. The molecule has 6 nitrogen and oxygen atoms in total. The van der Waals surface area contributed by atoms with Gasteiger partial charge < -0.3 is 24.8 Å². The van der Waals surface area contributed by atoms with Gasteiger partial charge in [0.05, 0.1) is 18.2 Å². The van der Waals surface area contributed by atoms with Gasteiger partial charge in [-0.1, -0.05) is 42.5 Å². The summed E-state index contributed by atoms with van der Waals surface area (Å²) < 4.78 is 16.1. The molecule has 0 amide bonds. The number of thiocarbonyl (C=S) groups is 1. The van der Waals surface area contributed by atoms with Crippen molar-refractivity contribution in [1.29, 1.82) is 0 Å². The van der Waals surface area contributed by atoms with Crippen LogP contribution in [-0.2, 0) is 20.9 Å². The number of carbonyl (C=O) groups excluding carboxylic acids is 1. The molecule has 7 heteroatoms. The molecule has 0 spiro atoms. The second-order valence-corrected chi connectivity index (χ2v) is 6.95. The van der Waals surface area contributed by atoms with E-state index in [1.165, 1.54) is 0 Å². The van der Waals surface area contributed by atoms with Crippen molar-refractivity contribution < 1.29 is 19.0 Å². The van der Waals surface area contributed by atoms with Crippen molar-refractivity contribution in [3.05, 3.63) is 77.0 Å². The fourth-order valence-electron chi connectivity index (χ4n) is 3.01. The third-order valence-electron chi connectivity index (χ3n) is 4.47. The quantitative estimate of drug-likeness (QED) is 0.392. The lowest BCUT2D eigenvalue weighted by Gasteiger charge is -2.30. The van der Waals surface area contributed by atoms with Crippen LogP contribution in [0.2, 0.25) is 0 Å². The zero-order valence-electron chi connectivity index (χ0n) is 16.4. The maximum atomic E-state index is 12.6. The Labute approximate surface area is 175 Å². The summed E-state index contributed by atoms with van der Waals surface area (Å²) in [6.45, 7) is 2.83. The number of hydrogen-bond donors (Lipinski definition) is 2. The highest BCUT2D eigenvalue weighted by Crippen LogP contribution is 2.29. The SMILES string of the molecule is COCCOC(=O)C1=C(C)NC(=S)NC1c1ccc(OCc2ccccc2)cc1. The number of nitrogens with one attached hydrogen (secondary N) is 2. The van der Waals surface area contributed by atoms with Crippen LogP contribution < -0.4 is 15.4 Å². The van der Waals surface area contributed by atoms with Crippen molar-refractivity contribution in [2.24, 2.45) is 0 Å². The number of rotatable bonds is 8. The summed E-state index contributed by atoms with van der Waals surface area (Å²) in [6, 6.07) is 17.2. The lowest BCUT2D eigenvalue weighted by molar-refractivity contribution is -0.140. The highest BCUT2D eigenvalue weighted by Gasteiger charge is 2.30. The van der Waals surface area contributed by atoms with E-state index in [2.05, 4.69) is 10.6 Å². The van der Waals surface area contributed by atoms with Crippen molar-refractivity contribution in [3.63, 3.8) is 0 Å². The van der Waals surface area contributed by atoms with Crippen molar-refractivity contribution in [3.8, 4) is 5.75 Å². The van der Waals surface area contributed by atoms with Gasteiger partial charge in [-0.2, -0.15) is 0 Å². The highest BCUT2D eigenvalue weighted by molar-refractivity contribution is 7.80. The van der Waals surface area contributed by atoms with Crippen LogP contribution in [0.1, 0.15) is 24.1 Å². The molecule has 1 aliphatic heterocycles. The molecule has 0 fully saturated rings. The minimum atomic E-state index is -0.406. The Kier molecular flexibility index (Phi) is 7.21. The van der Waals surface area contributed by atoms with Crippen LogP contribution in [0.25, 0.3) is 0 Å². The average Bonchev–Trinajstić information content (AvgIpc) is 2.73. The van der Waals surface area contributed by atoms with Crippen LogP contribution in [0.3, 0.4) is 0 Å². The van der Waals surface area contributed by atoms with E-state index in [1.807, 2.05) is 61.5 Å². The highest BCUT2D eigenvalue weighted by atomic mass is 32.1. The van der Waals surface area contributed by atoms with Crippen molar-refractivity contribution in [1.82, 2.24) is 10.6 Å². The molecule has 0 radical (unpaired) electrons. The van der Waals surface area contributed by atoms with E-state index in [4.69, 9.17) is 26.4 Å². The molecule has 0 aromatic heterocycles. The summed E-state index contributed by atoms with van der Waals surface area (Å²) in [5, 5.41) is 6.61. The summed E-state index contributed by atoms with van der Waals surface area (Å²) >= 11 is 5.27. The maximum Gasteiger partial charge on any atom is 0.338 e. The number of carbonyl (C=O) groups is 1. The third kappa shape index (κ3) is 5.56. The molecule has 152 valence electrons. The number of hydrogen-bond acceptors (Lipinski definition) is 5. The first kappa shape index (κ1) is 20.8. The predicted molar refractivity (Wildman–Crippen MR) is 114 cm³/mol. The average molecular weight is 413 g/mol. The Hall–Kier alpha value is -2.90. The first-order valence-corrected chi connectivity index (χ1v) is 9.70. The Balaban J connectivity index is 1.73. The summed E-state index contributed by atoms with van der Waals surface area (Å²) in [5.74, 6) is 0.343. The second kappa shape index (κ2) is 10.0. The largest absolute Gasteiger partial charge is 0.489 e. The second-order valence-electron chi connectivity index (χ2n) is 6.54. The topological polar surface area (TPSA) is 68.8 Å². The molecule has 1 unspecified atom stereocenters. The van der Waals surface area contributed by atoms with Crippen LogP contribution in [0, 0.1) is 0 Å². The fraction of sp³-hybridized carbons (Fsp3) is 0.273. The molecule has 1 aliphatic rings. The van der Waals surface area contributed by atoms with Crippen LogP contribution >= 0.6 is 12.2 Å². The van der Waals surface area contributed by atoms with Gasteiger partial charge in [-0.05, 0) is 42.4 Å². The van der Waals surface area contributed by atoms with Crippen molar-refractivity contribution in [2.45, 2.75) is 19.6 Å². The number of methoxy groups -OCH3 is 1. The van der Waals surface area contributed by atoms with E-state index in [0.29, 0.717) is 29.6 Å². The maximum absolute atomic E-state index is 12.6. The molecule has 0 saturated heterocycles. The van der Waals surface area contributed by atoms with E-state index < -0.39 is 12.0 Å². The van der Waals surface area contributed by atoms with Gasteiger partial charge in [-0.25, -0.2) is 4.79 Å². The molecule has 0 saturated carbocycles. The standard InChI is InChI=1S/C22H24N2O4S/c1-15-19(21(25)27-13-12-26-2)20(24-22(29)23-15)17-8-10-18(11-9-17)28-14-16-6-4-3-5-7-16/h3-11,20H,12-14H2,1-2H3,(H2,23,24,29). The number of benzene rings is 2. The van der Waals surface area contributed by atoms with E-state index in [0.717, 1.165) is 16.9 Å². The first-order valence-electron chi connectivity index (χ1n) is 9.29. The molecule has 2 N–H and O–H groups in total. The minimum absolute atomic E-state index is 0.190. The molecular formula is C22H24N2O4S. The molecule has 2 aromatic rings. The molecule has 0 bridgehead atoms. The van der Waals surface area contributed by atoms with Crippen LogP contribution in [0.5, 0.6) is 5.75 Å². The Morgan fingerprint density at radius 1 is 1.07 bits per heavy atom. The summed E-state index contributed by atoms with van der Waals surface area (Å²) in [7, 11) is 1.56. The van der Waals surface area contributed by atoms with Crippen LogP contribution in [-0.4, -0.2) is 31.4 Å². The fourth-order valence-corrected chi connectivity index (χ4v) is 3.28. The van der Waals surface area contributed by atoms with Gasteiger partial charge in [-0.3, -0.25) is 0 Å². The molecule has 1 atom stereocenters. The van der Waals surface area contributed by atoms with E-state index in [9.17, 15) is 4.79 Å². The zero-order chi connectivity index (χ0) is 20.6. The Bertz CT molecular complexity index is 881. The Morgan fingerprint density at radius 3 is 2.48 bits per heavy atom. The molecule has 0 aliphatic carbocycles. The van der Waals surface area contributed by atoms with Gasteiger partial charge in [0.25, 0.3) is 0 Å².